The van der Waals surface area contributed by atoms with Gasteiger partial charge in [-0.25, -0.2) is 0 Å². The second kappa shape index (κ2) is 8.14. The molecule has 3 rings (SSSR count). The predicted molar refractivity (Wildman–Crippen MR) is 110 cm³/mol. The average molecular weight is 389 g/mol. The number of carbonyl (C=O) groups excluding carboxylic acids is 1. The molecule has 6 heteroatoms. The minimum Gasteiger partial charge on any atom is -0.481 e. The van der Waals surface area contributed by atoms with E-state index < -0.39 is 6.10 Å². The van der Waals surface area contributed by atoms with Crippen LogP contribution in [-0.2, 0) is 4.79 Å². The van der Waals surface area contributed by atoms with E-state index in [-0.39, 0.29) is 11.9 Å². The van der Waals surface area contributed by atoms with E-state index in [2.05, 4.69) is 4.99 Å². The Morgan fingerprint density at radius 2 is 2.04 bits per heavy atom. The number of amides is 1. The number of hydrogen-bond acceptors (Lipinski definition) is 4. The van der Waals surface area contributed by atoms with Gasteiger partial charge in [-0.3, -0.25) is 14.7 Å². The first-order valence-corrected chi connectivity index (χ1v) is 9.84. The SMILES string of the molecule is Cc1cccc(O[C@@H](C)C(=O)N(C2=N[C@@H](C)CS2)c2ccc(Cl)cc2)c1. The highest BCUT2D eigenvalue weighted by atomic mass is 35.5. The van der Waals surface area contributed by atoms with E-state index in [0.717, 1.165) is 17.0 Å². The van der Waals surface area contributed by atoms with Crippen molar-refractivity contribution in [3.05, 3.63) is 59.1 Å². The van der Waals surface area contributed by atoms with E-state index in [0.29, 0.717) is 15.9 Å². The fourth-order valence-electron chi connectivity index (χ4n) is 2.63. The minimum atomic E-state index is -0.647. The minimum absolute atomic E-state index is 0.158. The summed E-state index contributed by atoms with van der Waals surface area (Å²) in [5.41, 5.74) is 1.82. The number of amidine groups is 1. The Kier molecular flexibility index (Phi) is 5.89. The summed E-state index contributed by atoms with van der Waals surface area (Å²) in [6, 6.07) is 15.1. The molecular weight excluding hydrogens is 368 g/mol. The highest BCUT2D eigenvalue weighted by Crippen LogP contribution is 2.28. The topological polar surface area (TPSA) is 41.9 Å². The largest absolute Gasteiger partial charge is 0.481 e. The van der Waals surface area contributed by atoms with Crippen LogP contribution in [-0.4, -0.2) is 29.0 Å². The van der Waals surface area contributed by atoms with Crippen LogP contribution in [0.3, 0.4) is 0 Å². The smallest absolute Gasteiger partial charge is 0.273 e. The normalized spacial score (nSPS) is 17.5. The van der Waals surface area contributed by atoms with Gasteiger partial charge in [0.2, 0.25) is 0 Å². The number of anilines is 1. The first kappa shape index (κ1) is 18.8. The Balaban J connectivity index is 1.86. The van der Waals surface area contributed by atoms with Crippen molar-refractivity contribution >= 4 is 40.1 Å². The fraction of sp³-hybridized carbons (Fsp3) is 0.300. The van der Waals surface area contributed by atoms with Gasteiger partial charge in [-0.2, -0.15) is 0 Å². The first-order valence-electron chi connectivity index (χ1n) is 8.47. The molecule has 1 amide bonds. The Morgan fingerprint density at radius 1 is 1.31 bits per heavy atom. The van der Waals surface area contributed by atoms with Crippen LogP contribution in [0.2, 0.25) is 5.02 Å². The van der Waals surface area contributed by atoms with Gasteiger partial charge in [0.1, 0.15) is 5.75 Å². The zero-order chi connectivity index (χ0) is 18.7. The van der Waals surface area contributed by atoms with Crippen molar-refractivity contribution in [1.82, 2.24) is 0 Å². The molecule has 2 atom stereocenters. The van der Waals surface area contributed by atoms with Gasteiger partial charge in [-0.1, -0.05) is 35.5 Å². The molecule has 136 valence electrons. The fourth-order valence-corrected chi connectivity index (χ4v) is 3.80. The zero-order valence-electron chi connectivity index (χ0n) is 15.0. The third-order valence-electron chi connectivity index (χ3n) is 3.93. The van der Waals surface area contributed by atoms with E-state index >= 15 is 0 Å². The van der Waals surface area contributed by atoms with E-state index in [1.807, 2.05) is 50.2 Å². The molecule has 2 aromatic carbocycles. The lowest BCUT2D eigenvalue weighted by atomic mass is 10.2. The van der Waals surface area contributed by atoms with Gasteiger partial charge in [0.15, 0.2) is 11.3 Å². The number of carbonyl (C=O) groups is 1. The second-order valence-corrected chi connectivity index (χ2v) is 7.72. The van der Waals surface area contributed by atoms with E-state index in [9.17, 15) is 4.79 Å². The standard InChI is InChI=1S/C20H21ClN2O2S/c1-13-5-4-6-18(11-13)25-15(3)19(24)23(20-22-14(2)12-26-20)17-9-7-16(21)8-10-17/h4-11,14-15H,12H2,1-3H3/t14-,15-/m0/s1. The van der Waals surface area contributed by atoms with Gasteiger partial charge in [-0.15, -0.1) is 0 Å². The van der Waals surface area contributed by atoms with Gasteiger partial charge in [0.05, 0.1) is 11.7 Å². The van der Waals surface area contributed by atoms with Crippen LogP contribution >= 0.6 is 23.4 Å². The molecule has 1 heterocycles. The molecule has 0 unspecified atom stereocenters. The summed E-state index contributed by atoms with van der Waals surface area (Å²) < 4.78 is 5.89. The van der Waals surface area contributed by atoms with Crippen LogP contribution in [0, 0.1) is 6.92 Å². The molecule has 0 aromatic heterocycles. The van der Waals surface area contributed by atoms with Crippen LogP contribution < -0.4 is 9.64 Å². The summed E-state index contributed by atoms with van der Waals surface area (Å²) in [4.78, 5) is 19.4. The van der Waals surface area contributed by atoms with Crippen LogP contribution in [0.25, 0.3) is 0 Å². The lowest BCUT2D eigenvalue weighted by Gasteiger charge is -2.25. The third kappa shape index (κ3) is 4.40. The Hall–Kier alpha value is -1.98. The second-order valence-electron chi connectivity index (χ2n) is 6.30. The van der Waals surface area contributed by atoms with E-state index in [1.165, 1.54) is 0 Å². The number of nitrogens with zero attached hydrogens (tertiary/aromatic N) is 2. The molecule has 0 spiro atoms. The monoisotopic (exact) mass is 388 g/mol. The third-order valence-corrected chi connectivity index (χ3v) is 5.38. The van der Waals surface area contributed by atoms with Crippen molar-refractivity contribution in [2.75, 3.05) is 10.7 Å². The Bertz CT molecular complexity index is 823. The Morgan fingerprint density at radius 3 is 2.65 bits per heavy atom. The number of aryl methyl sites for hydroxylation is 1. The van der Waals surface area contributed by atoms with Crippen molar-refractivity contribution in [2.45, 2.75) is 32.9 Å². The van der Waals surface area contributed by atoms with E-state index in [1.54, 1.807) is 35.7 Å². The van der Waals surface area contributed by atoms with Crippen LogP contribution in [0.4, 0.5) is 5.69 Å². The molecule has 4 nitrogen and oxygen atoms in total. The van der Waals surface area contributed by atoms with Crippen molar-refractivity contribution in [2.24, 2.45) is 4.99 Å². The molecular formula is C20H21ClN2O2S. The molecule has 0 aliphatic carbocycles. The van der Waals surface area contributed by atoms with Crippen molar-refractivity contribution < 1.29 is 9.53 Å². The summed E-state index contributed by atoms with van der Waals surface area (Å²) in [5.74, 6) is 1.38. The van der Waals surface area contributed by atoms with Crippen LogP contribution in [0.15, 0.2) is 53.5 Å². The number of ether oxygens (including phenoxy) is 1. The van der Waals surface area contributed by atoms with Gasteiger partial charge >= 0.3 is 0 Å². The highest BCUT2D eigenvalue weighted by Gasteiger charge is 2.30. The highest BCUT2D eigenvalue weighted by molar-refractivity contribution is 8.14. The summed E-state index contributed by atoms with van der Waals surface area (Å²) in [5, 5.41) is 1.32. The molecule has 0 saturated carbocycles. The number of halogens is 1. The molecule has 0 radical (unpaired) electrons. The average Bonchev–Trinajstić information content (AvgIpc) is 3.02. The lowest BCUT2D eigenvalue weighted by Crippen LogP contribution is -2.43. The van der Waals surface area contributed by atoms with Gasteiger partial charge in [0.25, 0.3) is 5.91 Å². The molecule has 1 aliphatic rings. The van der Waals surface area contributed by atoms with Crippen molar-refractivity contribution in [1.29, 1.82) is 0 Å². The summed E-state index contributed by atoms with van der Waals surface area (Å²) >= 11 is 7.58. The van der Waals surface area contributed by atoms with Gasteiger partial charge in [0, 0.05) is 10.8 Å². The summed E-state index contributed by atoms with van der Waals surface area (Å²) in [6.07, 6.45) is -0.647. The first-order chi connectivity index (χ1) is 12.4. The molecule has 0 saturated heterocycles. The van der Waals surface area contributed by atoms with Crippen LogP contribution in [0.5, 0.6) is 5.75 Å². The summed E-state index contributed by atoms with van der Waals surface area (Å²) in [7, 11) is 0. The maximum Gasteiger partial charge on any atom is 0.273 e. The van der Waals surface area contributed by atoms with Crippen LogP contribution in [0.1, 0.15) is 19.4 Å². The number of aliphatic imine (C=N–C) groups is 1. The quantitative estimate of drug-likeness (QED) is 0.744. The Labute approximate surface area is 163 Å². The molecule has 1 aliphatic heterocycles. The zero-order valence-corrected chi connectivity index (χ0v) is 16.6. The molecule has 0 N–H and O–H groups in total. The number of benzene rings is 2. The van der Waals surface area contributed by atoms with E-state index in [4.69, 9.17) is 16.3 Å². The molecule has 2 aromatic rings. The number of hydrogen-bond donors (Lipinski definition) is 0. The van der Waals surface area contributed by atoms with Gasteiger partial charge < -0.3 is 4.74 Å². The molecule has 26 heavy (non-hydrogen) atoms. The van der Waals surface area contributed by atoms with Crippen molar-refractivity contribution in [3.8, 4) is 5.75 Å². The number of thioether (sulfide) groups is 1. The summed E-state index contributed by atoms with van der Waals surface area (Å²) in [6.45, 7) is 5.79. The maximum atomic E-state index is 13.2. The predicted octanol–water partition coefficient (Wildman–Crippen LogP) is 4.94. The maximum absolute atomic E-state index is 13.2. The molecule has 0 bridgehead atoms. The molecule has 0 fully saturated rings. The number of rotatable bonds is 4. The van der Waals surface area contributed by atoms with Gasteiger partial charge in [-0.05, 0) is 62.7 Å². The van der Waals surface area contributed by atoms with Crippen molar-refractivity contribution in [3.63, 3.8) is 0 Å². The lowest BCUT2D eigenvalue weighted by molar-refractivity contribution is -0.123.